The molecule has 51 heteroatoms. The third-order valence-electron chi connectivity index (χ3n) is 23.2. The van der Waals surface area contributed by atoms with E-state index in [4.69, 9.17) is 45.5 Å². The van der Waals surface area contributed by atoms with Gasteiger partial charge in [-0.3, -0.25) is 101 Å². The monoisotopic (exact) mass is 2030 g/mol. The summed E-state index contributed by atoms with van der Waals surface area (Å²) in [6.45, 7) is 6.72. The molecule has 35 N–H and O–H groups in total. The Kier molecular flexibility index (Phi) is 51.2. The van der Waals surface area contributed by atoms with Crippen LogP contribution in [0.5, 0.6) is 5.75 Å². The maximum atomic E-state index is 14.9. The number of aliphatic hydroxyl groups excluding tert-OH is 3. The number of aromatic nitrogens is 1. The van der Waals surface area contributed by atoms with Gasteiger partial charge < -0.3 is 156 Å². The Morgan fingerprint density at radius 2 is 0.793 bits per heavy atom. The second-order valence-corrected chi connectivity index (χ2v) is 35.9. The van der Waals surface area contributed by atoms with Gasteiger partial charge in [0.2, 0.25) is 112 Å². The molecule has 0 radical (unpaired) electrons. The number of carbonyl (C=O) groups is 20. The van der Waals surface area contributed by atoms with Crippen molar-refractivity contribution in [3.05, 3.63) is 137 Å². The lowest BCUT2D eigenvalue weighted by molar-refractivity contribution is -0.605. The average molecular weight is 2030 g/mol. The first-order valence-electron chi connectivity index (χ1n) is 47.6. The fraction of sp³-hybridized carbons (Fsp3) is 0.532. The lowest BCUT2D eigenvalue weighted by Gasteiger charge is -2.29. The van der Waals surface area contributed by atoms with E-state index < -0.39 is 278 Å². The number of nitrogens with zero attached hydrogens (tertiary/aromatic N) is 2. The molecule has 145 heavy (non-hydrogen) atoms. The number of primary amides is 4. The summed E-state index contributed by atoms with van der Waals surface area (Å²) in [6, 6.07) is -1.99. The molecule has 5 rings (SSSR count). The summed E-state index contributed by atoms with van der Waals surface area (Å²) < 4.78 is 0.353. The van der Waals surface area contributed by atoms with Crippen molar-refractivity contribution in [2.45, 2.75) is 266 Å². The summed E-state index contributed by atoms with van der Waals surface area (Å²) in [5.41, 5.74) is 40.6. The Hall–Kier alpha value is -15.1. The third-order valence-corrected chi connectivity index (χ3v) is 23.2. The summed E-state index contributed by atoms with van der Waals surface area (Å²) in [6.07, 6.45) is -3.28. The summed E-state index contributed by atoms with van der Waals surface area (Å²) >= 11 is 0. The number of nitrogens with one attached hydrogen (secondary N) is 17. The standard InChI is InChI=1S/C94H140N26O25/c1-50(2)42-64(111-87(138)66(45-56-29-31-58(124)32-30-56)110-78(129)57-24-18-40-119(145)47-57)85(136)109-62(33-35-72(97)125)81(132)113-68(46-74(99)127)88(139)118-76(53(6)123)92(143)114-67(44-55-22-11-8-12-23-55)86(137)106-60(26-14-16-38-96)83(134)117-75(51(3)4)91(142)116-70(49-122)89(140)107-59(25-13-15-37-95)79(130)105-61(27-17-39-103-94(101)102)80(131)108-63(34-36-73(98)126)82(133)115-69(48-121)90(141)112-65(43-54-20-9-7-10-21-54)84(135)104-52(5)93(144)120-41-19-28-71(120)77(100)128/h7-12,18,20-24,29-32,40,47,50-53,59-71,75-76,121-124H,13-17,19,25-28,33-39,41-46,48-49,95-96H2,1-6H3,(H2,97,125)(H2,98,126)(H2,99,127)(H2,100,128)(H,104,135)(H,105,130)(H,106,137)(H,107,140)(H,108,131)(H,109,136)(H,110,129)(H,111,138)(H,112,141)(H,113,132)(H,114,143)(H,115,133)(H,116,142)(H,117,134)(H,118,139)(H4,101,102,103)/t52-,53+,59-,60-,61-,62-,63-,64-,65-,66-,67-,68-,69-,70-,71-,75-,76-/m0/s1. The van der Waals surface area contributed by atoms with Gasteiger partial charge in [0.1, 0.15) is 108 Å². The van der Waals surface area contributed by atoms with Gasteiger partial charge in [0, 0.05) is 51.3 Å². The largest absolute Gasteiger partial charge is 0.619 e. The fourth-order valence-electron chi connectivity index (χ4n) is 15.3. The number of benzene rings is 3. The van der Waals surface area contributed by atoms with Crippen molar-refractivity contribution in [3.63, 3.8) is 0 Å². The first kappa shape index (κ1) is 120. The minimum Gasteiger partial charge on any atom is -0.619 e. The van der Waals surface area contributed by atoms with Crippen molar-refractivity contribution in [2.24, 2.45) is 52.0 Å². The van der Waals surface area contributed by atoms with Crippen LogP contribution in [0.3, 0.4) is 0 Å². The summed E-state index contributed by atoms with van der Waals surface area (Å²) in [4.78, 5) is 281. The van der Waals surface area contributed by atoms with Crippen molar-refractivity contribution in [3.8, 4) is 5.75 Å². The van der Waals surface area contributed by atoms with Crippen LogP contribution in [0.4, 0.5) is 0 Å². The van der Waals surface area contributed by atoms with E-state index in [0.29, 0.717) is 34.3 Å². The zero-order valence-corrected chi connectivity index (χ0v) is 81.8. The van der Waals surface area contributed by atoms with Crippen molar-refractivity contribution in [2.75, 3.05) is 39.4 Å². The minimum absolute atomic E-state index is 0.0474. The summed E-state index contributed by atoms with van der Waals surface area (Å²) in [5, 5.41) is 102. The van der Waals surface area contributed by atoms with Crippen LogP contribution in [0, 0.1) is 22.5 Å². The summed E-state index contributed by atoms with van der Waals surface area (Å²) in [5.74, 6) is -23.0. The average Bonchev–Trinajstić information content (AvgIpc) is 1.82. The first-order valence-corrected chi connectivity index (χ1v) is 47.6. The highest BCUT2D eigenvalue weighted by molar-refractivity contribution is 6.03. The zero-order chi connectivity index (χ0) is 108. The Bertz CT molecular complexity index is 5080. The predicted octanol–water partition coefficient (Wildman–Crippen LogP) is -8.87. The Morgan fingerprint density at radius 1 is 0.421 bits per heavy atom. The van der Waals surface area contributed by atoms with E-state index in [0.717, 1.165) is 19.3 Å². The normalized spacial score (nSPS) is 15.5. The van der Waals surface area contributed by atoms with E-state index in [9.17, 15) is 122 Å². The highest BCUT2D eigenvalue weighted by Gasteiger charge is 2.42. The topological polar surface area (TPSA) is 851 Å². The molecule has 1 aromatic heterocycles. The molecule has 51 nitrogen and oxygen atoms in total. The molecule has 0 aliphatic carbocycles. The van der Waals surface area contributed by atoms with Crippen molar-refractivity contribution < 1.29 is 121 Å². The Labute approximate surface area is 837 Å². The Morgan fingerprint density at radius 3 is 1.22 bits per heavy atom. The number of hydrogen-bond donors (Lipinski definition) is 28. The predicted molar refractivity (Wildman–Crippen MR) is 521 cm³/mol. The van der Waals surface area contributed by atoms with Crippen LogP contribution >= 0.6 is 0 Å². The number of carbonyl (C=O) groups excluding carboxylic acids is 20. The molecule has 796 valence electrons. The van der Waals surface area contributed by atoms with Gasteiger partial charge in [0.15, 0.2) is 18.4 Å². The number of aromatic hydroxyl groups is 1. The molecule has 1 aliphatic heterocycles. The Balaban J connectivity index is 1.36. The number of likely N-dealkylation sites (tertiary alicyclic amines) is 1. The van der Waals surface area contributed by atoms with Crippen LogP contribution in [0.25, 0.3) is 0 Å². The van der Waals surface area contributed by atoms with Crippen LogP contribution in [-0.2, 0) is 110 Å². The quantitative estimate of drug-likeness (QED) is 0.00642. The van der Waals surface area contributed by atoms with Gasteiger partial charge >= 0.3 is 0 Å². The third kappa shape index (κ3) is 42.1. The number of pyridine rings is 1. The number of phenolic OH excluding ortho intramolecular Hbond substituents is 1. The van der Waals surface area contributed by atoms with E-state index in [2.05, 4.69) is 85.1 Å². The van der Waals surface area contributed by atoms with Crippen LogP contribution in [-0.4, -0.2) is 292 Å². The lowest BCUT2D eigenvalue weighted by Crippen LogP contribution is -2.63. The maximum absolute atomic E-state index is 14.9. The van der Waals surface area contributed by atoms with E-state index in [1.807, 2.05) is 0 Å². The van der Waals surface area contributed by atoms with E-state index in [1.54, 1.807) is 74.5 Å². The molecule has 1 aliphatic rings. The molecule has 1 fully saturated rings. The van der Waals surface area contributed by atoms with Gasteiger partial charge in [-0.05, 0) is 157 Å². The van der Waals surface area contributed by atoms with Gasteiger partial charge in [0.25, 0.3) is 5.91 Å². The number of rotatable bonds is 64. The van der Waals surface area contributed by atoms with Gasteiger partial charge in [-0.2, -0.15) is 4.73 Å². The number of phenols is 1. The SMILES string of the molecule is CC(C)C[C@H](NC(=O)[C@H](Cc1ccc(O)cc1)NC(=O)c1ccc[n+]([O-])c1)C(=O)N[C@@H](CCC(N)=O)C(=O)N[C@@H](CC(N)=O)C(=O)N[C@H](C(=O)N[C@@H](Cc1ccccc1)C(=O)N[C@@H](CCCCN)C(=O)N[C@H](C(=O)N[C@@H](CO)C(=O)N[C@@H](CCCCN)C(=O)N[C@@H](CCCNC(=N)N)C(=O)N[C@@H](CCC(N)=O)C(=O)N[C@@H](CO)C(=O)N[C@@H](Cc1ccccc1)C(=O)N[C@@H](C)C(=O)N1CCC[C@H]1C(N)=O)C(C)C)[C@@H](C)O. The summed E-state index contributed by atoms with van der Waals surface area (Å²) in [7, 11) is 0. The molecular formula is C94H140N26O25. The highest BCUT2D eigenvalue weighted by atomic mass is 16.5. The molecule has 0 unspecified atom stereocenters. The van der Waals surface area contributed by atoms with Crippen LogP contribution in [0.2, 0.25) is 0 Å². The molecule has 4 aromatic rings. The maximum Gasteiger partial charge on any atom is 0.258 e. The minimum atomic E-state index is -2.07. The second kappa shape index (κ2) is 61.7. The van der Waals surface area contributed by atoms with Crippen molar-refractivity contribution >= 4 is 124 Å². The van der Waals surface area contributed by atoms with E-state index >= 15 is 0 Å². The molecular weight excluding hydrogens is 1890 g/mol. The molecule has 3 aromatic carbocycles. The number of unbranched alkanes of at least 4 members (excludes halogenated alkanes) is 2. The molecule has 2 heterocycles. The molecule has 0 spiro atoms. The number of guanidine groups is 1. The van der Waals surface area contributed by atoms with Gasteiger partial charge in [-0.1, -0.05) is 100 Å². The molecule has 20 amide bonds. The number of nitrogens with two attached hydrogens (primary N) is 7. The van der Waals surface area contributed by atoms with Crippen LogP contribution in [0.15, 0.2) is 109 Å². The molecule has 17 atom stereocenters. The van der Waals surface area contributed by atoms with Gasteiger partial charge in [-0.25, -0.2) is 0 Å². The van der Waals surface area contributed by atoms with Crippen LogP contribution in [0.1, 0.15) is 171 Å². The number of hydrogen-bond acceptors (Lipinski definition) is 28. The number of amides is 20. The molecule has 0 bridgehead atoms. The van der Waals surface area contributed by atoms with Crippen molar-refractivity contribution in [1.29, 1.82) is 5.41 Å². The molecule has 0 saturated carbocycles. The second-order valence-electron chi connectivity index (χ2n) is 35.9. The fourth-order valence-corrected chi connectivity index (χ4v) is 15.3. The zero-order valence-electron chi connectivity index (χ0n) is 81.8. The van der Waals surface area contributed by atoms with Crippen molar-refractivity contribution in [1.82, 2.24) is 90.0 Å². The first-order chi connectivity index (χ1) is 68.7. The van der Waals surface area contributed by atoms with Gasteiger partial charge in [0.05, 0.1) is 25.7 Å². The van der Waals surface area contributed by atoms with Gasteiger partial charge in [-0.15, -0.1) is 0 Å². The van der Waals surface area contributed by atoms with Crippen LogP contribution < -0.4 is 130 Å². The molecule has 1 saturated heterocycles. The van der Waals surface area contributed by atoms with E-state index in [-0.39, 0.29) is 120 Å². The van der Waals surface area contributed by atoms with E-state index in [1.165, 1.54) is 62.1 Å². The lowest BCUT2D eigenvalue weighted by atomic mass is 10.00. The smallest absolute Gasteiger partial charge is 0.258 e. The highest BCUT2D eigenvalue weighted by Crippen LogP contribution is 2.21. The number of aliphatic hydroxyl groups is 3.